The normalized spacial score (nSPS) is 35.8. The van der Waals surface area contributed by atoms with E-state index < -0.39 is 86.1 Å². The second kappa shape index (κ2) is 7.55. The summed E-state index contributed by atoms with van der Waals surface area (Å²) in [6, 6.07) is 2.71. The summed E-state index contributed by atoms with van der Waals surface area (Å²) in [7, 11) is 0. The summed E-state index contributed by atoms with van der Waals surface area (Å²) >= 11 is 0. The van der Waals surface area contributed by atoms with Crippen LogP contribution in [0.1, 0.15) is 68.9 Å². The largest absolute Gasteiger partial charge is 0.511 e. The van der Waals surface area contributed by atoms with Gasteiger partial charge in [-0.15, -0.1) is 6.42 Å². The molecule has 1 unspecified atom stereocenters. The molecule has 0 heterocycles. The van der Waals surface area contributed by atoms with E-state index in [4.69, 9.17) is 6.42 Å². The highest BCUT2D eigenvalue weighted by atomic mass is 16.4. The molecule has 8 nitrogen and oxygen atoms in total. The predicted molar refractivity (Wildman–Crippen MR) is 129 cm³/mol. The van der Waals surface area contributed by atoms with Crippen LogP contribution in [-0.2, 0) is 9.59 Å². The first-order valence-corrected chi connectivity index (χ1v) is 11.8. The van der Waals surface area contributed by atoms with Gasteiger partial charge in [-0.2, -0.15) is 0 Å². The highest BCUT2D eigenvalue weighted by Crippen LogP contribution is 2.67. The molecule has 0 saturated heterocycles. The highest BCUT2D eigenvalue weighted by Gasteiger charge is 2.76. The number of Topliss-reactive ketones (excluding diaryl/α,β-unsaturated/α-hetero) is 3. The van der Waals surface area contributed by atoms with Gasteiger partial charge < -0.3 is 25.5 Å². The zero-order valence-corrected chi connectivity index (χ0v) is 21.0. The summed E-state index contributed by atoms with van der Waals surface area (Å²) in [5, 5.41) is 57.5. The van der Waals surface area contributed by atoms with Crippen molar-refractivity contribution in [2.75, 3.05) is 0 Å². The van der Waals surface area contributed by atoms with Crippen molar-refractivity contribution in [1.82, 2.24) is 0 Å². The van der Waals surface area contributed by atoms with Crippen molar-refractivity contribution >= 4 is 17.3 Å². The fourth-order valence-corrected chi connectivity index (χ4v) is 7.13. The van der Waals surface area contributed by atoms with Crippen LogP contribution in [0.5, 0.6) is 5.75 Å². The van der Waals surface area contributed by atoms with Gasteiger partial charge in [0.05, 0.1) is 17.2 Å². The van der Waals surface area contributed by atoms with Crippen molar-refractivity contribution in [3.63, 3.8) is 0 Å². The van der Waals surface area contributed by atoms with E-state index >= 15 is 0 Å². The molecular formula is C28H30O8. The lowest BCUT2D eigenvalue weighted by molar-refractivity contribution is -0.211. The smallest absolute Gasteiger partial charge is 0.209 e. The number of aliphatic hydroxyl groups is 4. The molecule has 1 aromatic carbocycles. The molecule has 4 rings (SSSR count). The number of rotatable bonds is 2. The van der Waals surface area contributed by atoms with Crippen molar-refractivity contribution < 1.29 is 39.9 Å². The number of carbonyl (C=O) groups excluding carboxylic acids is 3. The van der Waals surface area contributed by atoms with E-state index in [0.717, 1.165) is 6.92 Å². The Kier molecular flexibility index (Phi) is 5.38. The first-order valence-electron chi connectivity index (χ1n) is 11.8. The minimum atomic E-state index is -2.91. The van der Waals surface area contributed by atoms with E-state index in [9.17, 15) is 39.9 Å². The molecule has 3 aliphatic rings. The Labute approximate surface area is 209 Å². The highest BCUT2D eigenvalue weighted by molar-refractivity contribution is 6.25. The Balaban J connectivity index is 2.20. The average Bonchev–Trinajstić information content (AvgIpc) is 2.79. The molecule has 36 heavy (non-hydrogen) atoms. The summed E-state index contributed by atoms with van der Waals surface area (Å²) < 4.78 is 0. The van der Waals surface area contributed by atoms with Crippen molar-refractivity contribution in [3.05, 3.63) is 51.5 Å². The van der Waals surface area contributed by atoms with Gasteiger partial charge in [0.2, 0.25) is 5.78 Å². The van der Waals surface area contributed by atoms with E-state index in [2.05, 4.69) is 5.92 Å². The molecule has 0 aromatic heterocycles. The molecule has 3 aliphatic carbocycles. The van der Waals surface area contributed by atoms with Crippen LogP contribution in [-0.4, -0.2) is 54.6 Å². The van der Waals surface area contributed by atoms with Gasteiger partial charge in [0.1, 0.15) is 22.8 Å². The van der Waals surface area contributed by atoms with Crippen LogP contribution < -0.4 is 0 Å². The van der Waals surface area contributed by atoms with Crippen LogP contribution >= 0.6 is 0 Å². The number of aliphatic hydroxyl groups excluding tert-OH is 3. The first kappa shape index (κ1) is 25.7. The van der Waals surface area contributed by atoms with Gasteiger partial charge in [-0.3, -0.25) is 14.4 Å². The van der Waals surface area contributed by atoms with Crippen LogP contribution in [0.2, 0.25) is 0 Å². The molecule has 5 N–H and O–H groups in total. The number of hydrogen-bond acceptors (Lipinski definition) is 8. The minimum absolute atomic E-state index is 0.190. The zero-order valence-electron chi connectivity index (χ0n) is 21.0. The number of carbonyl (C=O) groups is 3. The van der Waals surface area contributed by atoms with E-state index in [1.165, 1.54) is 26.0 Å². The van der Waals surface area contributed by atoms with Crippen molar-refractivity contribution in [1.29, 1.82) is 0 Å². The standard InChI is InChI=1S/C28H30O8/c1-8-14-9-10-15(30)18-16(14)12(4)26(6)20(22(18)32)24(34)28(36)23(33)17(13(5)29)21(31)19(11(2)3)27(28,7)25(26)35/h1,9-12,19,25,30-31,34-36H,2-7H3/t12-,19?,25-,26+,27+,28+/m1/s1. The second-order valence-electron chi connectivity index (χ2n) is 10.9. The quantitative estimate of drug-likeness (QED) is 0.311. The maximum Gasteiger partial charge on any atom is 0.209 e. The van der Waals surface area contributed by atoms with Crippen LogP contribution in [0, 0.1) is 35.0 Å². The number of benzene rings is 1. The zero-order chi connectivity index (χ0) is 27.3. The number of terminal acetylenes is 1. The van der Waals surface area contributed by atoms with Crippen LogP contribution in [0.3, 0.4) is 0 Å². The number of phenols is 1. The van der Waals surface area contributed by atoms with E-state index in [1.54, 1.807) is 20.8 Å². The number of ketones is 3. The second-order valence-corrected chi connectivity index (χ2v) is 10.9. The SMILES string of the molecule is C#Cc1ccc(O)c2c1[C@@H](C)[C@@]1(C)C(=C(O)[C@@]3(O)C(=O)C(C(C)=O)=C(O)C(C(C)C)[C@@]3(C)[C@@H]1O)C2=O. The number of phenolic OH excluding ortho intramolecular Hbond substituents is 1. The van der Waals surface area contributed by atoms with Crippen molar-refractivity contribution in [2.45, 2.75) is 59.2 Å². The van der Waals surface area contributed by atoms with Gasteiger partial charge in [0.15, 0.2) is 17.2 Å². The summed E-state index contributed by atoms with van der Waals surface area (Å²) in [5.41, 5.74) is -7.19. The summed E-state index contributed by atoms with van der Waals surface area (Å²) in [6.07, 6.45) is 3.99. The molecule has 0 saturated carbocycles. The van der Waals surface area contributed by atoms with Gasteiger partial charge in [-0.05, 0) is 36.5 Å². The number of aromatic hydroxyl groups is 1. The maximum atomic E-state index is 13.9. The maximum absolute atomic E-state index is 13.9. The third kappa shape index (κ3) is 2.54. The van der Waals surface area contributed by atoms with Gasteiger partial charge in [-0.25, -0.2) is 0 Å². The molecular weight excluding hydrogens is 464 g/mol. The van der Waals surface area contributed by atoms with Gasteiger partial charge in [-0.1, -0.05) is 40.5 Å². The molecule has 0 fully saturated rings. The molecule has 0 spiro atoms. The first-order chi connectivity index (χ1) is 16.6. The lowest BCUT2D eigenvalue weighted by Gasteiger charge is -2.63. The number of allylic oxidation sites excluding steroid dienone is 1. The third-order valence-electron chi connectivity index (χ3n) is 8.97. The van der Waals surface area contributed by atoms with Gasteiger partial charge in [0, 0.05) is 22.3 Å². The summed E-state index contributed by atoms with van der Waals surface area (Å²) in [5.74, 6) is -4.96. The Morgan fingerprint density at radius 1 is 1.14 bits per heavy atom. The van der Waals surface area contributed by atoms with Gasteiger partial charge >= 0.3 is 0 Å². The molecule has 8 heteroatoms. The Morgan fingerprint density at radius 3 is 2.22 bits per heavy atom. The Bertz CT molecular complexity index is 1360. The van der Waals surface area contributed by atoms with Crippen LogP contribution in [0.15, 0.2) is 34.8 Å². The summed E-state index contributed by atoms with van der Waals surface area (Å²) in [4.78, 5) is 39.9. The molecule has 0 bridgehead atoms. The number of fused-ring (bicyclic) bond motifs is 3. The fourth-order valence-electron chi connectivity index (χ4n) is 7.13. The van der Waals surface area contributed by atoms with Gasteiger partial charge in [0.25, 0.3) is 0 Å². The topological polar surface area (TPSA) is 152 Å². The lowest BCUT2D eigenvalue weighted by atomic mass is 9.41. The molecule has 0 aliphatic heterocycles. The van der Waals surface area contributed by atoms with Crippen molar-refractivity contribution in [2.24, 2.45) is 22.7 Å². The summed E-state index contributed by atoms with van der Waals surface area (Å²) in [6.45, 7) is 8.97. The van der Waals surface area contributed by atoms with E-state index in [-0.39, 0.29) is 5.56 Å². The number of hydrogen-bond donors (Lipinski definition) is 5. The molecule has 1 aromatic rings. The predicted octanol–water partition coefficient (Wildman–Crippen LogP) is 2.86. The Hall–Kier alpha value is -3.41. The Morgan fingerprint density at radius 2 is 1.72 bits per heavy atom. The molecule has 190 valence electrons. The van der Waals surface area contributed by atoms with Crippen LogP contribution in [0.4, 0.5) is 0 Å². The lowest BCUT2D eigenvalue weighted by Crippen LogP contribution is -2.73. The molecule has 0 radical (unpaired) electrons. The monoisotopic (exact) mass is 494 g/mol. The van der Waals surface area contributed by atoms with Crippen LogP contribution in [0.25, 0.3) is 0 Å². The van der Waals surface area contributed by atoms with Crippen molar-refractivity contribution in [3.8, 4) is 18.1 Å². The third-order valence-corrected chi connectivity index (χ3v) is 8.97. The molecule has 6 atom stereocenters. The molecule has 0 amide bonds. The van der Waals surface area contributed by atoms with E-state index in [0.29, 0.717) is 11.1 Å². The average molecular weight is 495 g/mol. The minimum Gasteiger partial charge on any atom is -0.511 e. The van der Waals surface area contributed by atoms with E-state index in [1.807, 2.05) is 0 Å². The fraction of sp³-hybridized carbons (Fsp3) is 0.464.